The maximum atomic E-state index is 12.7. The van der Waals surface area contributed by atoms with Crippen molar-refractivity contribution in [3.05, 3.63) is 39.9 Å². The maximum Gasteiger partial charge on any atom is 0.246 e. The summed E-state index contributed by atoms with van der Waals surface area (Å²) in [6.07, 6.45) is 6.47. The summed E-state index contributed by atoms with van der Waals surface area (Å²) in [5.41, 5.74) is 0.747. The van der Waals surface area contributed by atoms with E-state index in [2.05, 4.69) is 0 Å². The zero-order valence-corrected chi connectivity index (χ0v) is 19.5. The number of hydrogen-bond acceptors (Lipinski definition) is 4. The van der Waals surface area contributed by atoms with Crippen LogP contribution in [-0.4, -0.2) is 82.9 Å². The summed E-state index contributed by atoms with van der Waals surface area (Å²) in [5.74, 6) is -0.395. The van der Waals surface area contributed by atoms with Crippen LogP contribution in [-0.2, 0) is 14.4 Å². The van der Waals surface area contributed by atoms with Crippen molar-refractivity contribution in [2.45, 2.75) is 38.1 Å². The summed E-state index contributed by atoms with van der Waals surface area (Å²) >= 11 is 11.9. The minimum absolute atomic E-state index is 0.0294. The van der Waals surface area contributed by atoms with Gasteiger partial charge in [-0.2, -0.15) is 0 Å². The number of nitrogens with zero attached hydrogens (tertiary/aromatic N) is 3. The van der Waals surface area contributed by atoms with Gasteiger partial charge in [-0.15, -0.1) is 0 Å². The predicted molar refractivity (Wildman–Crippen MR) is 124 cm³/mol. The predicted octanol–water partition coefficient (Wildman–Crippen LogP) is 2.83. The molecule has 1 atom stereocenters. The van der Waals surface area contributed by atoms with Crippen LogP contribution in [0.4, 0.5) is 0 Å². The van der Waals surface area contributed by atoms with E-state index in [1.807, 2.05) is 4.90 Å². The molecule has 0 radical (unpaired) electrons. The van der Waals surface area contributed by atoms with E-state index < -0.39 is 6.04 Å². The first-order valence-corrected chi connectivity index (χ1v) is 11.7. The lowest BCUT2D eigenvalue weighted by atomic mass is 10.1. The number of aliphatic hydroxyl groups is 1. The van der Waals surface area contributed by atoms with Crippen molar-refractivity contribution < 1.29 is 19.5 Å². The topological polar surface area (TPSA) is 81.2 Å². The van der Waals surface area contributed by atoms with E-state index in [0.717, 1.165) is 37.9 Å². The molecule has 0 aromatic heterocycles. The summed E-state index contributed by atoms with van der Waals surface area (Å²) in [6, 6.07) is 4.53. The molecule has 2 heterocycles. The molecule has 174 valence electrons. The Balaban J connectivity index is 1.59. The number of rotatable bonds is 6. The highest BCUT2D eigenvalue weighted by molar-refractivity contribution is 6.42. The van der Waals surface area contributed by atoms with Crippen LogP contribution in [0.25, 0.3) is 6.08 Å². The number of piperidine rings is 1. The zero-order chi connectivity index (χ0) is 23.1. The molecule has 1 unspecified atom stereocenters. The molecule has 2 aliphatic heterocycles. The Labute approximate surface area is 198 Å². The fraction of sp³-hybridized carbons (Fsp3) is 0.522. The van der Waals surface area contributed by atoms with Gasteiger partial charge in [-0.1, -0.05) is 29.3 Å². The molecule has 0 saturated carbocycles. The van der Waals surface area contributed by atoms with Crippen LogP contribution in [0.2, 0.25) is 10.0 Å². The van der Waals surface area contributed by atoms with Crippen molar-refractivity contribution in [2.75, 3.05) is 39.3 Å². The monoisotopic (exact) mass is 481 g/mol. The standard InChI is InChI=1S/C23H29Cl2N3O4/c24-19-6-4-17(14-20(19)25)5-7-21(30)27-11-8-22(31)28(13-12-27)18(16-29)15-23(32)26-9-2-1-3-10-26/h4-7,14,18,29H,1-3,8-13,15-16H2. The molecule has 3 amide bonds. The van der Waals surface area contributed by atoms with Gasteiger partial charge in [0.1, 0.15) is 0 Å². The number of carbonyl (C=O) groups excluding carboxylic acids is 3. The Morgan fingerprint density at radius 3 is 2.44 bits per heavy atom. The summed E-state index contributed by atoms with van der Waals surface area (Å²) < 4.78 is 0. The third kappa shape index (κ3) is 6.47. The van der Waals surface area contributed by atoms with E-state index >= 15 is 0 Å². The van der Waals surface area contributed by atoms with Gasteiger partial charge in [-0.25, -0.2) is 0 Å². The number of carbonyl (C=O) groups is 3. The van der Waals surface area contributed by atoms with E-state index in [9.17, 15) is 19.5 Å². The number of amides is 3. The third-order valence-electron chi connectivity index (χ3n) is 5.97. The van der Waals surface area contributed by atoms with E-state index in [0.29, 0.717) is 16.6 Å². The summed E-state index contributed by atoms with van der Waals surface area (Å²) in [7, 11) is 0. The number of aliphatic hydroxyl groups excluding tert-OH is 1. The molecule has 7 nitrogen and oxygen atoms in total. The SMILES string of the molecule is O=C(C=Cc1ccc(Cl)c(Cl)c1)N1CCC(=O)N(C(CO)CC(=O)N2CCCCC2)CC1. The smallest absolute Gasteiger partial charge is 0.246 e. The van der Waals surface area contributed by atoms with Crippen LogP contribution in [0.15, 0.2) is 24.3 Å². The Bertz CT molecular complexity index is 871. The van der Waals surface area contributed by atoms with E-state index in [4.69, 9.17) is 23.2 Å². The van der Waals surface area contributed by atoms with Crippen LogP contribution in [0, 0.1) is 0 Å². The average Bonchev–Trinajstić information content (AvgIpc) is 3.00. The first-order valence-electron chi connectivity index (χ1n) is 11.0. The molecule has 3 rings (SSSR count). The van der Waals surface area contributed by atoms with Gasteiger partial charge >= 0.3 is 0 Å². The minimum Gasteiger partial charge on any atom is -0.394 e. The van der Waals surface area contributed by atoms with E-state index in [1.165, 1.54) is 6.08 Å². The van der Waals surface area contributed by atoms with Crippen LogP contribution < -0.4 is 0 Å². The number of likely N-dealkylation sites (tertiary alicyclic amines) is 1. The van der Waals surface area contributed by atoms with Gasteiger partial charge in [0.25, 0.3) is 0 Å². The van der Waals surface area contributed by atoms with Gasteiger partial charge in [0.05, 0.1) is 22.7 Å². The minimum atomic E-state index is -0.571. The van der Waals surface area contributed by atoms with Crippen molar-refractivity contribution in [3.63, 3.8) is 0 Å². The highest BCUT2D eigenvalue weighted by atomic mass is 35.5. The number of benzene rings is 1. The number of halogens is 2. The zero-order valence-electron chi connectivity index (χ0n) is 18.0. The molecule has 0 spiro atoms. The largest absolute Gasteiger partial charge is 0.394 e. The molecule has 2 aliphatic rings. The molecule has 2 saturated heterocycles. The first-order chi connectivity index (χ1) is 15.4. The van der Waals surface area contributed by atoms with Gasteiger partial charge < -0.3 is 19.8 Å². The Morgan fingerprint density at radius 1 is 1.00 bits per heavy atom. The Hall–Kier alpha value is -2.09. The van der Waals surface area contributed by atoms with Crippen LogP contribution in [0.5, 0.6) is 0 Å². The van der Waals surface area contributed by atoms with Gasteiger partial charge in [0.2, 0.25) is 17.7 Å². The van der Waals surface area contributed by atoms with Gasteiger partial charge in [-0.3, -0.25) is 14.4 Å². The normalized spacial score (nSPS) is 18.7. The summed E-state index contributed by atoms with van der Waals surface area (Å²) in [6.45, 7) is 2.10. The van der Waals surface area contributed by atoms with E-state index in [1.54, 1.807) is 34.1 Å². The van der Waals surface area contributed by atoms with Crippen molar-refractivity contribution in [1.82, 2.24) is 14.7 Å². The summed E-state index contributed by atoms with van der Waals surface area (Å²) in [4.78, 5) is 42.9. The first kappa shape index (κ1) is 24.6. The molecule has 32 heavy (non-hydrogen) atoms. The number of hydrogen-bond donors (Lipinski definition) is 1. The van der Waals surface area contributed by atoms with Gasteiger partial charge in [0, 0.05) is 51.6 Å². The highest BCUT2D eigenvalue weighted by Gasteiger charge is 2.30. The lowest BCUT2D eigenvalue weighted by Crippen LogP contribution is -2.47. The second-order valence-corrected chi connectivity index (χ2v) is 8.97. The lowest BCUT2D eigenvalue weighted by molar-refractivity contribution is -0.138. The van der Waals surface area contributed by atoms with E-state index in [-0.39, 0.29) is 50.3 Å². The van der Waals surface area contributed by atoms with Gasteiger partial charge in [-0.05, 0) is 43.0 Å². The molecule has 9 heteroatoms. The molecule has 1 aromatic rings. The lowest BCUT2D eigenvalue weighted by Gasteiger charge is -2.32. The second kappa shape index (κ2) is 11.7. The van der Waals surface area contributed by atoms with Crippen molar-refractivity contribution in [2.24, 2.45) is 0 Å². The third-order valence-corrected chi connectivity index (χ3v) is 6.71. The van der Waals surface area contributed by atoms with Gasteiger partial charge in [0.15, 0.2) is 0 Å². The summed E-state index contributed by atoms with van der Waals surface area (Å²) in [5, 5.41) is 10.7. The van der Waals surface area contributed by atoms with Crippen molar-refractivity contribution in [3.8, 4) is 0 Å². The van der Waals surface area contributed by atoms with Crippen LogP contribution in [0.3, 0.4) is 0 Å². The molecule has 0 bridgehead atoms. The molecular weight excluding hydrogens is 453 g/mol. The fourth-order valence-corrected chi connectivity index (χ4v) is 4.39. The Morgan fingerprint density at radius 2 is 1.75 bits per heavy atom. The highest BCUT2D eigenvalue weighted by Crippen LogP contribution is 2.23. The Kier molecular flexibility index (Phi) is 8.96. The average molecular weight is 482 g/mol. The van der Waals surface area contributed by atoms with Crippen molar-refractivity contribution in [1.29, 1.82) is 0 Å². The maximum absolute atomic E-state index is 12.7. The quantitative estimate of drug-likeness (QED) is 0.633. The second-order valence-electron chi connectivity index (χ2n) is 8.15. The molecule has 1 aromatic carbocycles. The van der Waals surface area contributed by atoms with Crippen LogP contribution in [0.1, 0.15) is 37.7 Å². The molecule has 2 fully saturated rings. The molecular formula is C23H29Cl2N3O4. The molecule has 1 N–H and O–H groups in total. The molecule has 0 aliphatic carbocycles. The fourth-order valence-electron chi connectivity index (χ4n) is 4.08. The van der Waals surface area contributed by atoms with Crippen molar-refractivity contribution >= 4 is 47.0 Å². The van der Waals surface area contributed by atoms with Crippen LogP contribution >= 0.6 is 23.2 Å².